The Hall–Kier alpha value is -1.10. The van der Waals surface area contributed by atoms with E-state index in [1.807, 2.05) is 6.92 Å². The smallest absolute Gasteiger partial charge is 0.307 e. The standard InChI is InChI=1S/C15H23NO4/c1-2-20-12-8-11(15(12)5-3-4-6-15)16-13(17)9-7-10(9)14(18)19/h9-12H,2-8H2,1H3,(H,16,17)(H,18,19). The molecule has 112 valence electrons. The molecule has 0 radical (unpaired) electrons. The molecule has 0 aliphatic heterocycles. The van der Waals surface area contributed by atoms with E-state index in [9.17, 15) is 9.59 Å². The molecule has 2 N–H and O–H groups in total. The van der Waals surface area contributed by atoms with Gasteiger partial charge in [-0.05, 0) is 32.6 Å². The Morgan fingerprint density at radius 3 is 2.50 bits per heavy atom. The van der Waals surface area contributed by atoms with Crippen molar-refractivity contribution in [3.8, 4) is 0 Å². The van der Waals surface area contributed by atoms with Crippen molar-refractivity contribution in [3.05, 3.63) is 0 Å². The van der Waals surface area contributed by atoms with Gasteiger partial charge in [0.15, 0.2) is 0 Å². The summed E-state index contributed by atoms with van der Waals surface area (Å²) >= 11 is 0. The lowest BCUT2D eigenvalue weighted by molar-refractivity contribution is -0.147. The fourth-order valence-corrected chi connectivity index (χ4v) is 4.13. The molecule has 3 fully saturated rings. The van der Waals surface area contributed by atoms with Crippen molar-refractivity contribution in [1.29, 1.82) is 0 Å². The van der Waals surface area contributed by atoms with Gasteiger partial charge in [-0.25, -0.2) is 0 Å². The molecule has 4 atom stereocenters. The third-order valence-electron chi connectivity index (χ3n) is 5.45. The number of ether oxygens (including phenoxy) is 1. The Labute approximate surface area is 119 Å². The van der Waals surface area contributed by atoms with Crippen molar-refractivity contribution in [2.24, 2.45) is 17.3 Å². The first-order valence-electron chi connectivity index (χ1n) is 7.73. The minimum Gasteiger partial charge on any atom is -0.481 e. The highest BCUT2D eigenvalue weighted by Crippen LogP contribution is 2.55. The van der Waals surface area contributed by atoms with Gasteiger partial charge in [0.2, 0.25) is 5.91 Å². The number of carbonyl (C=O) groups is 2. The maximum Gasteiger partial charge on any atom is 0.307 e. The fourth-order valence-electron chi connectivity index (χ4n) is 4.13. The topological polar surface area (TPSA) is 75.6 Å². The Morgan fingerprint density at radius 1 is 1.25 bits per heavy atom. The molecule has 0 saturated heterocycles. The molecular formula is C15H23NO4. The molecule has 20 heavy (non-hydrogen) atoms. The summed E-state index contributed by atoms with van der Waals surface area (Å²) in [5.41, 5.74) is 0.124. The van der Waals surface area contributed by atoms with Crippen LogP contribution in [-0.2, 0) is 14.3 Å². The van der Waals surface area contributed by atoms with Crippen molar-refractivity contribution in [2.45, 2.75) is 57.6 Å². The first-order chi connectivity index (χ1) is 9.58. The summed E-state index contributed by atoms with van der Waals surface area (Å²) < 4.78 is 5.82. The summed E-state index contributed by atoms with van der Waals surface area (Å²) in [6.45, 7) is 2.73. The molecule has 0 aromatic heterocycles. The van der Waals surface area contributed by atoms with E-state index in [0.29, 0.717) is 6.42 Å². The molecule has 1 amide bonds. The third-order valence-corrected chi connectivity index (χ3v) is 5.45. The Kier molecular flexibility index (Phi) is 3.48. The van der Waals surface area contributed by atoms with E-state index in [1.54, 1.807) is 0 Å². The molecular weight excluding hydrogens is 258 g/mol. The number of hydrogen-bond donors (Lipinski definition) is 2. The van der Waals surface area contributed by atoms with Crippen LogP contribution >= 0.6 is 0 Å². The lowest BCUT2D eigenvalue weighted by Crippen LogP contribution is -2.64. The predicted octanol–water partition coefficient (Wildman–Crippen LogP) is 1.56. The highest BCUT2D eigenvalue weighted by atomic mass is 16.5. The van der Waals surface area contributed by atoms with Crippen LogP contribution in [0.4, 0.5) is 0 Å². The zero-order valence-electron chi connectivity index (χ0n) is 11.9. The van der Waals surface area contributed by atoms with Gasteiger partial charge in [-0.1, -0.05) is 12.8 Å². The van der Waals surface area contributed by atoms with Crippen molar-refractivity contribution >= 4 is 11.9 Å². The van der Waals surface area contributed by atoms with Gasteiger partial charge in [0.05, 0.1) is 17.9 Å². The summed E-state index contributed by atoms with van der Waals surface area (Å²) in [5, 5.41) is 12.0. The lowest BCUT2D eigenvalue weighted by Gasteiger charge is -2.54. The SMILES string of the molecule is CCOC1CC(NC(=O)C2CC2C(=O)O)C12CCCC2. The van der Waals surface area contributed by atoms with Crippen LogP contribution in [0, 0.1) is 17.3 Å². The van der Waals surface area contributed by atoms with E-state index in [0.717, 1.165) is 25.9 Å². The van der Waals surface area contributed by atoms with Gasteiger partial charge in [0.1, 0.15) is 0 Å². The minimum atomic E-state index is -0.846. The average Bonchev–Trinajstić information content (AvgIpc) is 3.05. The van der Waals surface area contributed by atoms with Crippen molar-refractivity contribution in [3.63, 3.8) is 0 Å². The van der Waals surface area contributed by atoms with Gasteiger partial charge < -0.3 is 15.2 Å². The molecule has 5 heteroatoms. The van der Waals surface area contributed by atoms with Crippen LogP contribution in [-0.4, -0.2) is 35.7 Å². The van der Waals surface area contributed by atoms with E-state index in [-0.39, 0.29) is 29.4 Å². The summed E-state index contributed by atoms with van der Waals surface area (Å²) in [6.07, 6.45) is 6.30. The molecule has 1 spiro atoms. The summed E-state index contributed by atoms with van der Waals surface area (Å²) in [7, 11) is 0. The molecule has 5 nitrogen and oxygen atoms in total. The maximum absolute atomic E-state index is 12.1. The van der Waals surface area contributed by atoms with Crippen LogP contribution in [0.5, 0.6) is 0 Å². The summed E-state index contributed by atoms with van der Waals surface area (Å²) in [6, 6.07) is 0.184. The first kappa shape index (κ1) is 13.9. The predicted molar refractivity (Wildman–Crippen MR) is 72.1 cm³/mol. The van der Waals surface area contributed by atoms with Crippen LogP contribution in [0.2, 0.25) is 0 Å². The molecule has 0 bridgehead atoms. The molecule has 3 aliphatic carbocycles. The van der Waals surface area contributed by atoms with Gasteiger partial charge in [0.25, 0.3) is 0 Å². The number of nitrogens with one attached hydrogen (secondary N) is 1. The monoisotopic (exact) mass is 281 g/mol. The molecule has 4 unspecified atom stereocenters. The highest BCUT2D eigenvalue weighted by molar-refractivity contribution is 5.89. The number of carbonyl (C=O) groups excluding carboxylic acids is 1. The van der Waals surface area contributed by atoms with Crippen molar-refractivity contribution in [2.75, 3.05) is 6.61 Å². The third kappa shape index (κ3) is 2.12. The summed E-state index contributed by atoms with van der Waals surface area (Å²) in [4.78, 5) is 22.9. The van der Waals surface area contributed by atoms with Crippen LogP contribution < -0.4 is 5.32 Å². The van der Waals surface area contributed by atoms with E-state index < -0.39 is 11.9 Å². The number of rotatable bonds is 5. The van der Waals surface area contributed by atoms with Crippen molar-refractivity contribution < 1.29 is 19.4 Å². The Morgan fingerprint density at radius 2 is 1.95 bits per heavy atom. The number of amides is 1. The number of carboxylic acids is 1. The quantitative estimate of drug-likeness (QED) is 0.802. The van der Waals surface area contributed by atoms with Crippen LogP contribution in [0.15, 0.2) is 0 Å². The van der Waals surface area contributed by atoms with Gasteiger partial charge in [-0.2, -0.15) is 0 Å². The van der Waals surface area contributed by atoms with Crippen molar-refractivity contribution in [1.82, 2.24) is 5.32 Å². The molecule has 3 aliphatic rings. The first-order valence-corrected chi connectivity index (χ1v) is 7.73. The lowest BCUT2D eigenvalue weighted by atomic mass is 9.60. The Balaban J connectivity index is 1.58. The van der Waals surface area contributed by atoms with E-state index in [1.165, 1.54) is 12.8 Å². The van der Waals surface area contributed by atoms with Gasteiger partial charge in [-0.15, -0.1) is 0 Å². The van der Waals surface area contributed by atoms with Gasteiger partial charge in [-0.3, -0.25) is 9.59 Å². The summed E-state index contributed by atoms with van der Waals surface area (Å²) in [5.74, 6) is -1.68. The molecule has 3 saturated carbocycles. The zero-order valence-corrected chi connectivity index (χ0v) is 11.9. The second kappa shape index (κ2) is 5.02. The molecule has 3 rings (SSSR count). The molecule has 0 heterocycles. The number of carboxylic acid groups (broad SMARTS) is 1. The fraction of sp³-hybridized carbons (Fsp3) is 0.867. The van der Waals surface area contributed by atoms with E-state index in [4.69, 9.17) is 9.84 Å². The average molecular weight is 281 g/mol. The normalized spacial score (nSPS) is 37.5. The van der Waals surface area contributed by atoms with Crippen LogP contribution in [0.25, 0.3) is 0 Å². The number of hydrogen-bond acceptors (Lipinski definition) is 3. The largest absolute Gasteiger partial charge is 0.481 e. The second-order valence-electron chi connectivity index (χ2n) is 6.47. The molecule has 0 aromatic carbocycles. The van der Waals surface area contributed by atoms with Gasteiger partial charge >= 0.3 is 5.97 Å². The zero-order chi connectivity index (χ0) is 14.3. The van der Waals surface area contributed by atoms with Crippen LogP contribution in [0.3, 0.4) is 0 Å². The van der Waals surface area contributed by atoms with E-state index >= 15 is 0 Å². The molecule has 0 aromatic rings. The maximum atomic E-state index is 12.1. The highest BCUT2D eigenvalue weighted by Gasteiger charge is 2.58. The second-order valence-corrected chi connectivity index (χ2v) is 6.47. The van der Waals surface area contributed by atoms with Gasteiger partial charge in [0, 0.05) is 18.1 Å². The Bertz CT molecular complexity index is 416. The van der Waals surface area contributed by atoms with E-state index in [2.05, 4.69) is 5.32 Å². The number of aliphatic carboxylic acids is 1. The van der Waals surface area contributed by atoms with Crippen LogP contribution in [0.1, 0.15) is 45.4 Å². The minimum absolute atomic E-state index is 0.0661.